The van der Waals surface area contributed by atoms with Crippen molar-refractivity contribution in [1.29, 1.82) is 0 Å². The van der Waals surface area contributed by atoms with Crippen LogP contribution in [0.3, 0.4) is 0 Å². The van der Waals surface area contributed by atoms with Gasteiger partial charge in [0.05, 0.1) is 0 Å². The van der Waals surface area contributed by atoms with E-state index in [0.717, 1.165) is 15.8 Å². The Bertz CT molecular complexity index is 725. The van der Waals surface area contributed by atoms with Gasteiger partial charge in [-0.15, -0.1) is 0 Å². The number of aryl methyl sites for hydroxylation is 1. The number of amides is 1. The second-order valence-electron chi connectivity index (χ2n) is 4.31. The molecule has 0 bridgehead atoms. The Labute approximate surface area is 130 Å². The molecule has 21 heavy (non-hydrogen) atoms. The largest absolute Gasteiger partial charge is 0.489 e. The van der Waals surface area contributed by atoms with Gasteiger partial charge in [0.15, 0.2) is 0 Å². The van der Waals surface area contributed by atoms with E-state index in [2.05, 4.69) is 26.0 Å². The number of azide groups is 1. The summed E-state index contributed by atoms with van der Waals surface area (Å²) >= 11 is 3.39. The molecular formula is C15H12BrN3O2. The van der Waals surface area contributed by atoms with Crippen LogP contribution in [-0.2, 0) is 6.61 Å². The fraction of sp³-hybridized carbons (Fsp3) is 0.133. The Morgan fingerprint density at radius 1 is 1.29 bits per heavy atom. The van der Waals surface area contributed by atoms with Gasteiger partial charge in [0.25, 0.3) is 0 Å². The summed E-state index contributed by atoms with van der Waals surface area (Å²) in [5.74, 6) is 0.123. The quantitative estimate of drug-likeness (QED) is 0.454. The second kappa shape index (κ2) is 6.92. The zero-order valence-electron chi connectivity index (χ0n) is 11.3. The number of ether oxygens (including phenoxy) is 1. The highest BCUT2D eigenvalue weighted by Crippen LogP contribution is 2.25. The number of hydrogen-bond acceptors (Lipinski definition) is 2. The van der Waals surface area contributed by atoms with Gasteiger partial charge in [0.2, 0.25) is 5.91 Å². The highest BCUT2D eigenvalue weighted by atomic mass is 79.9. The summed E-state index contributed by atoms with van der Waals surface area (Å²) in [7, 11) is 0. The van der Waals surface area contributed by atoms with Crippen molar-refractivity contribution in [3.63, 3.8) is 0 Å². The van der Waals surface area contributed by atoms with Crippen LogP contribution in [0.5, 0.6) is 5.75 Å². The number of benzene rings is 2. The van der Waals surface area contributed by atoms with Gasteiger partial charge in [-0.25, -0.2) is 0 Å². The Morgan fingerprint density at radius 2 is 2.05 bits per heavy atom. The summed E-state index contributed by atoms with van der Waals surface area (Å²) in [6.45, 7) is 2.15. The standard InChI is InChI=1S/C15H12BrN3O2/c1-10-5-2-3-8-14(10)21-9-12-11(15(20)18-19-17)6-4-7-13(12)16/h2-8H,9H2,1H3. The van der Waals surface area contributed by atoms with Crippen LogP contribution in [0.1, 0.15) is 21.5 Å². The van der Waals surface area contributed by atoms with E-state index in [1.54, 1.807) is 12.1 Å². The van der Waals surface area contributed by atoms with Gasteiger partial charge in [0, 0.05) is 20.5 Å². The van der Waals surface area contributed by atoms with Crippen molar-refractivity contribution in [2.45, 2.75) is 13.5 Å². The van der Waals surface area contributed by atoms with Gasteiger partial charge in [-0.2, -0.15) is 0 Å². The number of nitrogens with zero attached hydrogens (tertiary/aromatic N) is 3. The molecule has 0 spiro atoms. The average molecular weight is 346 g/mol. The van der Waals surface area contributed by atoms with Crippen molar-refractivity contribution in [3.05, 3.63) is 74.1 Å². The van der Waals surface area contributed by atoms with E-state index >= 15 is 0 Å². The molecule has 0 heterocycles. The van der Waals surface area contributed by atoms with Gasteiger partial charge < -0.3 is 4.74 Å². The fourth-order valence-electron chi connectivity index (χ4n) is 1.87. The Hall–Kier alpha value is -2.30. The lowest BCUT2D eigenvalue weighted by Crippen LogP contribution is -2.05. The summed E-state index contributed by atoms with van der Waals surface area (Å²) in [5.41, 5.74) is 10.4. The number of carbonyl (C=O) groups is 1. The van der Waals surface area contributed by atoms with Crippen molar-refractivity contribution in [1.82, 2.24) is 0 Å². The lowest BCUT2D eigenvalue weighted by molar-refractivity contribution is 0.0998. The van der Waals surface area contributed by atoms with Crippen LogP contribution >= 0.6 is 15.9 Å². The highest BCUT2D eigenvalue weighted by Gasteiger charge is 2.13. The van der Waals surface area contributed by atoms with Gasteiger partial charge >= 0.3 is 0 Å². The van der Waals surface area contributed by atoms with Crippen LogP contribution in [0.4, 0.5) is 0 Å². The first-order valence-corrected chi connectivity index (χ1v) is 6.98. The van der Waals surface area contributed by atoms with E-state index < -0.39 is 5.91 Å². The molecule has 0 fully saturated rings. The zero-order valence-corrected chi connectivity index (χ0v) is 12.9. The molecule has 0 aliphatic carbocycles. The molecule has 0 unspecified atom stereocenters. The van der Waals surface area contributed by atoms with Crippen LogP contribution in [0.15, 0.2) is 52.1 Å². The van der Waals surface area contributed by atoms with Crippen molar-refractivity contribution >= 4 is 21.8 Å². The zero-order chi connectivity index (χ0) is 15.2. The molecule has 0 radical (unpaired) electrons. The molecule has 1 amide bonds. The van der Waals surface area contributed by atoms with E-state index in [0.29, 0.717) is 11.1 Å². The van der Waals surface area contributed by atoms with Gasteiger partial charge in [-0.1, -0.05) is 46.3 Å². The van der Waals surface area contributed by atoms with E-state index in [9.17, 15) is 4.79 Å². The summed E-state index contributed by atoms with van der Waals surface area (Å²) in [4.78, 5) is 14.3. The summed E-state index contributed by atoms with van der Waals surface area (Å²) < 4.78 is 6.49. The molecule has 6 heteroatoms. The van der Waals surface area contributed by atoms with Gasteiger partial charge in [-0.05, 0) is 35.3 Å². The monoisotopic (exact) mass is 345 g/mol. The van der Waals surface area contributed by atoms with Crippen LogP contribution in [0.2, 0.25) is 0 Å². The van der Waals surface area contributed by atoms with E-state index in [4.69, 9.17) is 10.3 Å². The van der Waals surface area contributed by atoms with E-state index in [1.165, 1.54) is 0 Å². The van der Waals surface area contributed by atoms with Crippen LogP contribution in [0.25, 0.3) is 10.4 Å². The van der Waals surface area contributed by atoms with Crippen molar-refractivity contribution in [2.24, 2.45) is 5.11 Å². The first-order valence-electron chi connectivity index (χ1n) is 6.18. The number of carbonyl (C=O) groups excluding carboxylic acids is 1. The molecule has 106 valence electrons. The lowest BCUT2D eigenvalue weighted by atomic mass is 10.1. The molecule has 5 nitrogen and oxygen atoms in total. The van der Waals surface area contributed by atoms with E-state index in [-0.39, 0.29) is 6.61 Å². The third-order valence-electron chi connectivity index (χ3n) is 2.95. The minimum atomic E-state index is -0.623. The molecule has 0 saturated carbocycles. The average Bonchev–Trinajstić information content (AvgIpc) is 2.47. The first-order chi connectivity index (χ1) is 10.1. The van der Waals surface area contributed by atoms with Gasteiger partial charge in [-0.3, -0.25) is 4.79 Å². The molecular weight excluding hydrogens is 334 g/mol. The SMILES string of the molecule is Cc1ccccc1OCc1c(Br)cccc1C(=O)N=[N+]=[N-]. The predicted molar refractivity (Wildman–Crippen MR) is 83.1 cm³/mol. The summed E-state index contributed by atoms with van der Waals surface area (Å²) in [5, 5.41) is 3.13. The third-order valence-corrected chi connectivity index (χ3v) is 3.69. The normalized spacial score (nSPS) is 9.81. The minimum absolute atomic E-state index is 0.203. The second-order valence-corrected chi connectivity index (χ2v) is 5.17. The maximum Gasteiger partial charge on any atom is 0.249 e. The fourth-order valence-corrected chi connectivity index (χ4v) is 2.35. The molecule has 0 N–H and O–H groups in total. The highest BCUT2D eigenvalue weighted by molar-refractivity contribution is 9.10. The van der Waals surface area contributed by atoms with Crippen LogP contribution in [-0.4, -0.2) is 5.91 Å². The molecule has 2 rings (SSSR count). The number of halogens is 1. The molecule has 0 atom stereocenters. The first kappa shape index (κ1) is 15.1. The van der Waals surface area contributed by atoms with Crippen LogP contribution in [0, 0.1) is 6.92 Å². The summed E-state index contributed by atoms with van der Waals surface area (Å²) in [6, 6.07) is 12.7. The molecule has 2 aromatic rings. The molecule has 0 aliphatic rings. The third kappa shape index (κ3) is 3.62. The summed E-state index contributed by atoms with van der Waals surface area (Å²) in [6.07, 6.45) is 0. The lowest BCUT2D eigenvalue weighted by Gasteiger charge is -2.12. The number of hydrogen-bond donors (Lipinski definition) is 0. The number of para-hydroxylation sites is 1. The molecule has 0 saturated heterocycles. The Balaban J connectivity index is 2.29. The smallest absolute Gasteiger partial charge is 0.249 e. The predicted octanol–water partition coefficient (Wildman–Crippen LogP) is 4.79. The number of rotatable bonds is 4. The van der Waals surface area contributed by atoms with Crippen molar-refractivity contribution in [3.8, 4) is 5.75 Å². The van der Waals surface area contributed by atoms with Gasteiger partial charge in [0.1, 0.15) is 12.4 Å². The molecule has 2 aromatic carbocycles. The topological polar surface area (TPSA) is 75.1 Å². The molecule has 0 aliphatic heterocycles. The Morgan fingerprint density at radius 3 is 2.76 bits per heavy atom. The van der Waals surface area contributed by atoms with E-state index in [1.807, 2.05) is 37.3 Å². The maximum absolute atomic E-state index is 11.8. The van der Waals surface area contributed by atoms with Crippen molar-refractivity contribution in [2.75, 3.05) is 0 Å². The maximum atomic E-state index is 11.8. The van der Waals surface area contributed by atoms with Crippen molar-refractivity contribution < 1.29 is 9.53 Å². The molecule has 0 aromatic heterocycles. The van der Waals surface area contributed by atoms with Crippen LogP contribution < -0.4 is 4.74 Å². The Kier molecular flexibility index (Phi) is 4.98. The minimum Gasteiger partial charge on any atom is -0.489 e.